The highest BCUT2D eigenvalue weighted by Gasteiger charge is 2.34. The molecule has 0 amide bonds. The van der Waals surface area contributed by atoms with Crippen LogP contribution < -0.4 is 0 Å². The van der Waals surface area contributed by atoms with Crippen molar-refractivity contribution in [3.05, 3.63) is 0 Å². The highest BCUT2D eigenvalue weighted by Crippen LogP contribution is 2.26. The number of hydrogen-bond donors (Lipinski definition) is 0. The number of alkyl halides is 2. The molecule has 0 aromatic rings. The van der Waals surface area contributed by atoms with Crippen LogP contribution in [0.3, 0.4) is 0 Å². The number of hydrogen-bond acceptors (Lipinski definition) is 2. The van der Waals surface area contributed by atoms with E-state index in [0.29, 0.717) is 32.5 Å². The third-order valence-corrected chi connectivity index (χ3v) is 2.56. The standard InChI is InChI=1S/C9H17F2NO/c1-13-8-9(11)2-5-12(6-3-9)7-4-10/h2-8H2,1H3. The Hall–Kier alpha value is -0.220. The van der Waals surface area contributed by atoms with Crippen molar-refractivity contribution in [2.24, 2.45) is 0 Å². The van der Waals surface area contributed by atoms with Gasteiger partial charge in [-0.15, -0.1) is 0 Å². The van der Waals surface area contributed by atoms with Gasteiger partial charge in [0, 0.05) is 26.7 Å². The minimum Gasteiger partial charge on any atom is -0.381 e. The fourth-order valence-corrected chi connectivity index (χ4v) is 1.70. The van der Waals surface area contributed by atoms with Crippen LogP contribution in [0.5, 0.6) is 0 Å². The predicted octanol–water partition coefficient (Wildman–Crippen LogP) is 1.41. The lowest BCUT2D eigenvalue weighted by Gasteiger charge is -2.35. The molecule has 0 radical (unpaired) electrons. The average molecular weight is 193 g/mol. The Kier molecular flexibility index (Phi) is 4.06. The summed E-state index contributed by atoms with van der Waals surface area (Å²) >= 11 is 0. The molecule has 13 heavy (non-hydrogen) atoms. The number of ether oxygens (including phenoxy) is 1. The molecule has 4 heteroatoms. The van der Waals surface area contributed by atoms with Gasteiger partial charge >= 0.3 is 0 Å². The van der Waals surface area contributed by atoms with Gasteiger partial charge in [0.25, 0.3) is 0 Å². The van der Waals surface area contributed by atoms with Crippen molar-refractivity contribution in [1.29, 1.82) is 0 Å². The number of methoxy groups -OCH3 is 1. The molecule has 0 aliphatic carbocycles. The Morgan fingerprint density at radius 3 is 2.46 bits per heavy atom. The monoisotopic (exact) mass is 193 g/mol. The van der Waals surface area contributed by atoms with Crippen LogP contribution >= 0.6 is 0 Å². The van der Waals surface area contributed by atoms with Crippen molar-refractivity contribution in [3.63, 3.8) is 0 Å². The first-order valence-electron chi connectivity index (χ1n) is 4.66. The average Bonchev–Trinajstić information content (AvgIpc) is 2.10. The maximum Gasteiger partial charge on any atom is 0.136 e. The maximum absolute atomic E-state index is 13.7. The van der Waals surface area contributed by atoms with Gasteiger partial charge in [0.15, 0.2) is 0 Å². The van der Waals surface area contributed by atoms with E-state index in [0.717, 1.165) is 0 Å². The van der Waals surface area contributed by atoms with Crippen molar-refractivity contribution < 1.29 is 13.5 Å². The molecule has 2 nitrogen and oxygen atoms in total. The Labute approximate surface area is 77.9 Å². The van der Waals surface area contributed by atoms with E-state index < -0.39 is 5.67 Å². The van der Waals surface area contributed by atoms with Gasteiger partial charge in [-0.2, -0.15) is 0 Å². The molecule has 1 heterocycles. The molecule has 0 unspecified atom stereocenters. The summed E-state index contributed by atoms with van der Waals surface area (Å²) in [6, 6.07) is 0. The molecule has 0 aromatic carbocycles. The number of halogens is 2. The van der Waals surface area contributed by atoms with E-state index in [1.807, 2.05) is 4.90 Å². The van der Waals surface area contributed by atoms with Gasteiger partial charge in [-0.25, -0.2) is 8.78 Å². The largest absolute Gasteiger partial charge is 0.381 e. The first-order chi connectivity index (χ1) is 6.20. The van der Waals surface area contributed by atoms with Gasteiger partial charge < -0.3 is 9.64 Å². The van der Waals surface area contributed by atoms with Crippen LogP contribution in [0.15, 0.2) is 0 Å². The van der Waals surface area contributed by atoms with Crippen LogP contribution in [0.4, 0.5) is 8.78 Å². The molecule has 0 atom stereocenters. The van der Waals surface area contributed by atoms with E-state index in [1.165, 1.54) is 7.11 Å². The molecule has 0 bridgehead atoms. The van der Waals surface area contributed by atoms with Crippen molar-refractivity contribution in [2.45, 2.75) is 18.5 Å². The Bertz CT molecular complexity index is 147. The minimum absolute atomic E-state index is 0.163. The van der Waals surface area contributed by atoms with Crippen LogP contribution in [-0.4, -0.2) is 50.6 Å². The second-order valence-electron chi connectivity index (χ2n) is 3.61. The zero-order valence-corrected chi connectivity index (χ0v) is 8.06. The number of likely N-dealkylation sites (tertiary alicyclic amines) is 1. The fraction of sp³-hybridized carbons (Fsp3) is 1.00. The van der Waals surface area contributed by atoms with E-state index in [4.69, 9.17) is 4.74 Å². The summed E-state index contributed by atoms with van der Waals surface area (Å²) in [6.07, 6.45) is 0.918. The lowest BCUT2D eigenvalue weighted by Crippen LogP contribution is -2.44. The first-order valence-corrected chi connectivity index (χ1v) is 4.66. The third-order valence-electron chi connectivity index (χ3n) is 2.56. The van der Waals surface area contributed by atoms with Gasteiger partial charge in [-0.1, -0.05) is 0 Å². The highest BCUT2D eigenvalue weighted by molar-refractivity contribution is 4.86. The van der Waals surface area contributed by atoms with Crippen molar-refractivity contribution in [2.75, 3.05) is 40.0 Å². The van der Waals surface area contributed by atoms with Gasteiger partial charge in [0.05, 0.1) is 6.61 Å². The number of rotatable bonds is 4. The van der Waals surface area contributed by atoms with Crippen LogP contribution in [0.2, 0.25) is 0 Å². The van der Waals surface area contributed by atoms with E-state index in [1.54, 1.807) is 0 Å². The molecule has 1 aliphatic rings. The summed E-state index contributed by atoms with van der Waals surface area (Å²) in [5.41, 5.74) is -1.18. The molecular formula is C9H17F2NO. The first kappa shape index (κ1) is 10.9. The summed E-state index contributed by atoms with van der Waals surface area (Å²) < 4.78 is 30.5. The van der Waals surface area contributed by atoms with Crippen molar-refractivity contribution >= 4 is 0 Å². The van der Waals surface area contributed by atoms with Gasteiger partial charge in [-0.3, -0.25) is 0 Å². The quantitative estimate of drug-likeness (QED) is 0.669. The Balaban J connectivity index is 2.28. The normalized spacial score (nSPS) is 23.3. The minimum atomic E-state index is -1.18. The number of nitrogens with zero attached hydrogens (tertiary/aromatic N) is 1. The summed E-state index contributed by atoms with van der Waals surface area (Å²) in [6.45, 7) is 1.54. The molecule has 78 valence electrons. The van der Waals surface area contributed by atoms with Crippen LogP contribution in [0.25, 0.3) is 0 Å². The van der Waals surface area contributed by atoms with Crippen molar-refractivity contribution in [1.82, 2.24) is 4.90 Å². The van der Waals surface area contributed by atoms with E-state index in [2.05, 4.69) is 0 Å². The molecule has 0 spiro atoms. The molecule has 1 fully saturated rings. The molecule has 0 saturated carbocycles. The number of piperidine rings is 1. The second kappa shape index (κ2) is 4.86. The zero-order valence-electron chi connectivity index (χ0n) is 8.06. The predicted molar refractivity (Wildman–Crippen MR) is 47.4 cm³/mol. The summed E-state index contributed by atoms with van der Waals surface area (Å²) in [7, 11) is 1.51. The summed E-state index contributed by atoms with van der Waals surface area (Å²) in [5.74, 6) is 0. The lowest BCUT2D eigenvalue weighted by molar-refractivity contribution is -0.00934. The summed E-state index contributed by atoms with van der Waals surface area (Å²) in [5, 5.41) is 0. The Morgan fingerprint density at radius 2 is 2.00 bits per heavy atom. The van der Waals surface area contributed by atoms with Gasteiger partial charge in [-0.05, 0) is 12.8 Å². The van der Waals surface area contributed by atoms with E-state index in [-0.39, 0.29) is 13.3 Å². The molecule has 0 aromatic heterocycles. The van der Waals surface area contributed by atoms with Gasteiger partial charge in [0.2, 0.25) is 0 Å². The van der Waals surface area contributed by atoms with Crippen LogP contribution in [0, 0.1) is 0 Å². The molecule has 1 saturated heterocycles. The molecule has 1 rings (SSSR count). The molecular weight excluding hydrogens is 176 g/mol. The van der Waals surface area contributed by atoms with Gasteiger partial charge in [0.1, 0.15) is 12.3 Å². The SMILES string of the molecule is COCC1(F)CCN(CCF)CC1. The van der Waals surface area contributed by atoms with E-state index in [9.17, 15) is 8.78 Å². The van der Waals surface area contributed by atoms with E-state index >= 15 is 0 Å². The third kappa shape index (κ3) is 3.19. The summed E-state index contributed by atoms with van der Waals surface area (Å²) in [4.78, 5) is 1.95. The van der Waals surface area contributed by atoms with Crippen LogP contribution in [0.1, 0.15) is 12.8 Å². The topological polar surface area (TPSA) is 12.5 Å². The second-order valence-corrected chi connectivity index (χ2v) is 3.61. The fourth-order valence-electron chi connectivity index (χ4n) is 1.70. The zero-order chi connectivity index (χ0) is 9.73. The Morgan fingerprint density at radius 1 is 1.38 bits per heavy atom. The smallest absolute Gasteiger partial charge is 0.136 e. The molecule has 0 N–H and O–H groups in total. The van der Waals surface area contributed by atoms with Crippen LogP contribution in [-0.2, 0) is 4.74 Å². The van der Waals surface area contributed by atoms with Crippen molar-refractivity contribution in [3.8, 4) is 0 Å². The maximum atomic E-state index is 13.7. The highest BCUT2D eigenvalue weighted by atomic mass is 19.1. The molecule has 1 aliphatic heterocycles. The lowest BCUT2D eigenvalue weighted by atomic mass is 9.94.